The van der Waals surface area contributed by atoms with Crippen LogP contribution in [0.3, 0.4) is 0 Å². The van der Waals surface area contributed by atoms with Gasteiger partial charge in [0.05, 0.1) is 6.54 Å². The van der Waals surface area contributed by atoms with Gasteiger partial charge in [-0.05, 0) is 26.3 Å². The maximum atomic E-state index is 12.7. The molecule has 1 atom stereocenters. The summed E-state index contributed by atoms with van der Waals surface area (Å²) in [4.78, 5) is 26.1. The van der Waals surface area contributed by atoms with Crippen molar-refractivity contribution in [2.45, 2.75) is 32.9 Å². The zero-order chi connectivity index (χ0) is 15.9. The summed E-state index contributed by atoms with van der Waals surface area (Å²) in [7, 11) is 0. The molecule has 1 fully saturated rings. The normalized spacial score (nSPS) is 21.3. The van der Waals surface area contributed by atoms with Crippen LogP contribution < -0.4 is 5.32 Å². The Morgan fingerprint density at radius 3 is 2.50 bits per heavy atom. The molecule has 1 saturated heterocycles. The second-order valence-corrected chi connectivity index (χ2v) is 5.74. The summed E-state index contributed by atoms with van der Waals surface area (Å²) < 4.78 is 4.98. The van der Waals surface area contributed by atoms with Crippen molar-refractivity contribution in [2.24, 2.45) is 0 Å². The van der Waals surface area contributed by atoms with Crippen LogP contribution in [-0.2, 0) is 16.9 Å². The number of urea groups is 1. The first-order chi connectivity index (χ1) is 10.4. The number of amides is 3. The maximum Gasteiger partial charge on any atom is 0.325 e. The van der Waals surface area contributed by atoms with Crippen molar-refractivity contribution in [3.8, 4) is 0 Å². The largest absolute Gasteiger partial charge is 0.361 e. The van der Waals surface area contributed by atoms with Gasteiger partial charge in [-0.2, -0.15) is 0 Å². The zero-order valence-electron chi connectivity index (χ0n) is 12.7. The van der Waals surface area contributed by atoms with E-state index in [0.717, 1.165) is 16.0 Å². The highest BCUT2D eigenvalue weighted by Gasteiger charge is 2.49. The fraction of sp³-hybridized carbons (Fsp3) is 0.312. The first-order valence-electron chi connectivity index (χ1n) is 7.03. The van der Waals surface area contributed by atoms with E-state index in [9.17, 15) is 9.59 Å². The van der Waals surface area contributed by atoms with Crippen molar-refractivity contribution >= 4 is 11.9 Å². The predicted octanol–water partition coefficient (Wildman–Crippen LogP) is 2.26. The van der Waals surface area contributed by atoms with E-state index in [1.54, 1.807) is 19.9 Å². The topological polar surface area (TPSA) is 75.4 Å². The molecule has 1 aliphatic rings. The van der Waals surface area contributed by atoms with E-state index in [1.807, 2.05) is 31.2 Å². The standard InChI is InChI=1S/C16H17N3O3/c1-10-4-6-12(7-5-10)16(3)14(20)19(15(21)17-16)9-13-8-11(2)22-18-13/h4-8H,9H2,1-3H3,(H,17,21). The molecule has 0 radical (unpaired) electrons. The van der Waals surface area contributed by atoms with Crippen molar-refractivity contribution in [3.63, 3.8) is 0 Å². The third kappa shape index (κ3) is 2.26. The highest BCUT2D eigenvalue weighted by molar-refractivity contribution is 6.07. The average Bonchev–Trinajstić information content (AvgIpc) is 2.97. The number of nitrogens with one attached hydrogen (secondary N) is 1. The molecule has 1 aliphatic heterocycles. The number of hydrogen-bond acceptors (Lipinski definition) is 4. The Labute approximate surface area is 128 Å². The van der Waals surface area contributed by atoms with Crippen LogP contribution in [0.1, 0.15) is 29.5 Å². The van der Waals surface area contributed by atoms with Crippen LogP contribution in [0.2, 0.25) is 0 Å². The van der Waals surface area contributed by atoms with E-state index in [2.05, 4.69) is 10.5 Å². The lowest BCUT2D eigenvalue weighted by Gasteiger charge is -2.22. The summed E-state index contributed by atoms with van der Waals surface area (Å²) >= 11 is 0. The van der Waals surface area contributed by atoms with Crippen LogP contribution in [0.5, 0.6) is 0 Å². The molecule has 1 aromatic carbocycles. The number of rotatable bonds is 3. The third-order valence-electron chi connectivity index (χ3n) is 3.90. The van der Waals surface area contributed by atoms with Crippen molar-refractivity contribution in [3.05, 3.63) is 52.9 Å². The Balaban J connectivity index is 1.88. The maximum absolute atomic E-state index is 12.7. The minimum absolute atomic E-state index is 0.101. The molecule has 0 aliphatic carbocycles. The predicted molar refractivity (Wildman–Crippen MR) is 78.9 cm³/mol. The molecule has 2 aromatic rings. The number of carbonyl (C=O) groups is 2. The van der Waals surface area contributed by atoms with E-state index >= 15 is 0 Å². The number of benzene rings is 1. The number of carbonyl (C=O) groups excluding carboxylic acids is 2. The van der Waals surface area contributed by atoms with E-state index in [1.165, 1.54) is 0 Å². The molecule has 0 bridgehead atoms. The molecule has 3 amide bonds. The van der Waals surface area contributed by atoms with Gasteiger partial charge in [-0.15, -0.1) is 0 Å². The molecule has 0 spiro atoms. The molecule has 1 N–H and O–H groups in total. The molecule has 114 valence electrons. The van der Waals surface area contributed by atoms with Crippen LogP contribution in [0.15, 0.2) is 34.9 Å². The number of hydrogen-bond donors (Lipinski definition) is 1. The molecular weight excluding hydrogens is 282 g/mol. The average molecular weight is 299 g/mol. The molecule has 1 aromatic heterocycles. The van der Waals surface area contributed by atoms with Gasteiger partial charge in [0, 0.05) is 6.07 Å². The Morgan fingerprint density at radius 1 is 1.23 bits per heavy atom. The quantitative estimate of drug-likeness (QED) is 0.882. The molecule has 2 heterocycles. The highest BCUT2D eigenvalue weighted by Crippen LogP contribution is 2.29. The van der Waals surface area contributed by atoms with Crippen LogP contribution in [0, 0.1) is 13.8 Å². The molecule has 6 heteroatoms. The van der Waals surface area contributed by atoms with Crippen LogP contribution in [-0.4, -0.2) is 22.0 Å². The molecule has 3 rings (SSSR count). The summed E-state index contributed by atoms with van der Waals surface area (Å²) in [5.41, 5.74) is 1.35. The fourth-order valence-electron chi connectivity index (χ4n) is 2.58. The van der Waals surface area contributed by atoms with Gasteiger partial charge in [-0.3, -0.25) is 9.69 Å². The van der Waals surface area contributed by atoms with E-state index in [-0.39, 0.29) is 12.5 Å². The molecule has 1 unspecified atom stereocenters. The highest BCUT2D eigenvalue weighted by atomic mass is 16.5. The van der Waals surface area contributed by atoms with Crippen molar-refractivity contribution in [1.29, 1.82) is 0 Å². The second-order valence-electron chi connectivity index (χ2n) is 5.74. The number of aryl methyl sites for hydroxylation is 2. The van der Waals surface area contributed by atoms with Crippen molar-refractivity contribution in [1.82, 2.24) is 15.4 Å². The van der Waals surface area contributed by atoms with Gasteiger partial charge in [0.15, 0.2) is 0 Å². The Kier molecular flexibility index (Phi) is 3.24. The minimum atomic E-state index is -1.05. The molecule has 22 heavy (non-hydrogen) atoms. The van der Waals surface area contributed by atoms with Crippen LogP contribution in [0.25, 0.3) is 0 Å². The van der Waals surface area contributed by atoms with Crippen molar-refractivity contribution in [2.75, 3.05) is 0 Å². The number of imide groups is 1. The lowest BCUT2D eigenvalue weighted by atomic mass is 9.91. The van der Waals surface area contributed by atoms with Crippen molar-refractivity contribution < 1.29 is 14.1 Å². The van der Waals surface area contributed by atoms with E-state index in [0.29, 0.717) is 11.5 Å². The summed E-state index contributed by atoms with van der Waals surface area (Å²) in [6.45, 7) is 5.55. The lowest BCUT2D eigenvalue weighted by molar-refractivity contribution is -0.131. The van der Waals surface area contributed by atoms with Crippen LogP contribution >= 0.6 is 0 Å². The van der Waals surface area contributed by atoms with E-state index in [4.69, 9.17) is 4.52 Å². The van der Waals surface area contributed by atoms with Crippen LogP contribution in [0.4, 0.5) is 4.79 Å². The summed E-state index contributed by atoms with van der Waals surface area (Å²) in [5.74, 6) is 0.352. The first-order valence-corrected chi connectivity index (χ1v) is 7.03. The monoisotopic (exact) mass is 299 g/mol. The smallest absolute Gasteiger partial charge is 0.325 e. The lowest BCUT2D eigenvalue weighted by Crippen LogP contribution is -2.40. The van der Waals surface area contributed by atoms with Gasteiger partial charge in [0.25, 0.3) is 5.91 Å². The fourth-order valence-corrected chi connectivity index (χ4v) is 2.58. The first kappa shape index (κ1) is 14.3. The molecule has 6 nitrogen and oxygen atoms in total. The Hall–Kier alpha value is -2.63. The summed E-state index contributed by atoms with van der Waals surface area (Å²) in [6.07, 6.45) is 0. The second kappa shape index (κ2) is 4.98. The zero-order valence-corrected chi connectivity index (χ0v) is 12.7. The summed E-state index contributed by atoms with van der Waals surface area (Å²) in [6, 6.07) is 8.85. The Morgan fingerprint density at radius 2 is 1.91 bits per heavy atom. The molecular formula is C16H17N3O3. The summed E-state index contributed by atoms with van der Waals surface area (Å²) in [5, 5.41) is 6.60. The van der Waals surface area contributed by atoms with E-state index < -0.39 is 11.6 Å². The van der Waals surface area contributed by atoms with Gasteiger partial charge < -0.3 is 9.84 Å². The molecule has 0 saturated carbocycles. The third-order valence-corrected chi connectivity index (χ3v) is 3.90. The number of aromatic nitrogens is 1. The SMILES string of the molecule is Cc1ccc(C2(C)NC(=O)N(Cc3cc(C)on3)C2=O)cc1. The van der Waals surface area contributed by atoms with Gasteiger partial charge in [0.2, 0.25) is 0 Å². The van der Waals surface area contributed by atoms with Gasteiger partial charge in [-0.25, -0.2) is 4.79 Å². The van der Waals surface area contributed by atoms with Gasteiger partial charge in [0.1, 0.15) is 17.0 Å². The Bertz CT molecular complexity index is 735. The number of nitrogens with zero attached hydrogens (tertiary/aromatic N) is 2. The van der Waals surface area contributed by atoms with Gasteiger partial charge in [-0.1, -0.05) is 35.0 Å². The minimum Gasteiger partial charge on any atom is -0.361 e. The van der Waals surface area contributed by atoms with Gasteiger partial charge >= 0.3 is 6.03 Å².